The molecule has 5 heteroatoms. The van der Waals surface area contributed by atoms with Crippen LogP contribution in [0.1, 0.15) is 11.7 Å². The molecule has 0 radical (unpaired) electrons. The van der Waals surface area contributed by atoms with E-state index in [1.165, 1.54) is 0 Å². The molecule has 2 rings (SSSR count). The van der Waals surface area contributed by atoms with Gasteiger partial charge in [0.05, 0.1) is 22.5 Å². The molecule has 0 saturated carbocycles. The molecule has 1 unspecified atom stereocenters. The summed E-state index contributed by atoms with van der Waals surface area (Å²) in [5, 5.41) is 17.4. The second-order valence-electron chi connectivity index (χ2n) is 3.65. The first-order valence-corrected chi connectivity index (χ1v) is 6.48. The average Bonchev–Trinajstić information content (AvgIpc) is 2.84. The van der Waals surface area contributed by atoms with Gasteiger partial charge in [0.25, 0.3) is 0 Å². The highest BCUT2D eigenvalue weighted by molar-refractivity contribution is 7.07. The summed E-state index contributed by atoms with van der Waals surface area (Å²) in [4.78, 5) is 0. The Morgan fingerprint density at radius 1 is 1.41 bits per heavy atom. The molecule has 0 bridgehead atoms. The minimum atomic E-state index is -0.542. The van der Waals surface area contributed by atoms with E-state index in [0.29, 0.717) is 17.3 Å². The van der Waals surface area contributed by atoms with Crippen molar-refractivity contribution in [3.63, 3.8) is 0 Å². The Morgan fingerprint density at radius 3 is 2.94 bits per heavy atom. The molecule has 3 nitrogen and oxygen atoms in total. The molecule has 4 N–H and O–H groups in total. The fraction of sp³-hybridized carbons (Fsp3) is 0.167. The SMILES string of the molecule is Nc1c(Cl)cccc1NCC(O)c1ccsc1. The van der Waals surface area contributed by atoms with E-state index in [1.54, 1.807) is 17.4 Å². The van der Waals surface area contributed by atoms with E-state index in [1.807, 2.05) is 29.0 Å². The Labute approximate surface area is 109 Å². The summed E-state index contributed by atoms with van der Waals surface area (Å²) in [5.41, 5.74) is 7.97. The van der Waals surface area contributed by atoms with Crippen LogP contribution < -0.4 is 11.1 Å². The number of para-hydroxylation sites is 1. The van der Waals surface area contributed by atoms with Crippen LogP contribution in [-0.2, 0) is 0 Å². The minimum Gasteiger partial charge on any atom is -0.396 e. The molecule has 0 amide bonds. The van der Waals surface area contributed by atoms with Crippen LogP contribution in [-0.4, -0.2) is 11.7 Å². The molecule has 2 aromatic rings. The lowest BCUT2D eigenvalue weighted by Crippen LogP contribution is -2.12. The molecule has 90 valence electrons. The average molecular weight is 269 g/mol. The predicted molar refractivity (Wildman–Crippen MR) is 73.6 cm³/mol. The molecule has 1 aromatic carbocycles. The van der Waals surface area contributed by atoms with E-state index < -0.39 is 6.10 Å². The van der Waals surface area contributed by atoms with Crippen LogP contribution in [0.3, 0.4) is 0 Å². The quantitative estimate of drug-likeness (QED) is 0.747. The lowest BCUT2D eigenvalue weighted by atomic mass is 10.2. The van der Waals surface area contributed by atoms with E-state index in [-0.39, 0.29) is 0 Å². The number of nitrogen functional groups attached to an aromatic ring is 1. The summed E-state index contributed by atoms with van der Waals surface area (Å²) in [6.45, 7) is 0.404. The van der Waals surface area contributed by atoms with Crippen LogP contribution in [0.25, 0.3) is 0 Å². The monoisotopic (exact) mass is 268 g/mol. The summed E-state index contributed by atoms with van der Waals surface area (Å²) in [6, 6.07) is 7.29. The van der Waals surface area contributed by atoms with Crippen LogP contribution in [0, 0.1) is 0 Å². The van der Waals surface area contributed by atoms with Crippen molar-refractivity contribution in [3.05, 3.63) is 45.6 Å². The normalized spacial score (nSPS) is 12.4. The maximum atomic E-state index is 9.90. The van der Waals surface area contributed by atoms with Crippen LogP contribution in [0.4, 0.5) is 11.4 Å². The van der Waals surface area contributed by atoms with Gasteiger partial charge >= 0.3 is 0 Å². The molecule has 0 aliphatic heterocycles. The summed E-state index contributed by atoms with van der Waals surface area (Å²) in [6.07, 6.45) is -0.542. The Bertz CT molecular complexity index is 487. The number of aliphatic hydroxyl groups excluding tert-OH is 1. The van der Waals surface area contributed by atoms with Crippen LogP contribution in [0.2, 0.25) is 5.02 Å². The Kier molecular flexibility index (Phi) is 3.89. The summed E-state index contributed by atoms with van der Waals surface area (Å²) in [7, 11) is 0. The standard InChI is InChI=1S/C12H13ClN2OS/c13-9-2-1-3-10(12(9)14)15-6-11(16)8-4-5-17-7-8/h1-5,7,11,15-16H,6,14H2. The third-order valence-corrected chi connectivity index (χ3v) is 3.50. The summed E-state index contributed by atoms with van der Waals surface area (Å²) >= 11 is 7.46. The van der Waals surface area contributed by atoms with E-state index in [0.717, 1.165) is 11.3 Å². The molecule has 0 aliphatic rings. The molecule has 17 heavy (non-hydrogen) atoms. The fourth-order valence-electron chi connectivity index (χ4n) is 1.48. The Hall–Kier alpha value is -1.23. The third kappa shape index (κ3) is 2.91. The van der Waals surface area contributed by atoms with Crippen molar-refractivity contribution in [3.8, 4) is 0 Å². The molecule has 0 saturated heterocycles. The van der Waals surface area contributed by atoms with E-state index >= 15 is 0 Å². The molecular weight excluding hydrogens is 256 g/mol. The lowest BCUT2D eigenvalue weighted by Gasteiger charge is -2.13. The molecular formula is C12H13ClN2OS. The first-order valence-electron chi connectivity index (χ1n) is 5.16. The van der Waals surface area contributed by atoms with Crippen LogP contribution in [0.15, 0.2) is 35.0 Å². The number of aliphatic hydroxyl groups is 1. The number of nitrogens with two attached hydrogens (primary N) is 1. The molecule has 1 atom stereocenters. The van der Waals surface area contributed by atoms with Gasteiger partial charge in [-0.2, -0.15) is 11.3 Å². The zero-order chi connectivity index (χ0) is 12.3. The number of benzene rings is 1. The Morgan fingerprint density at radius 2 is 2.24 bits per heavy atom. The van der Waals surface area contributed by atoms with Crippen molar-refractivity contribution in [2.24, 2.45) is 0 Å². The van der Waals surface area contributed by atoms with Crippen LogP contribution >= 0.6 is 22.9 Å². The van der Waals surface area contributed by atoms with Gasteiger partial charge in [0.1, 0.15) is 0 Å². The maximum absolute atomic E-state index is 9.90. The third-order valence-electron chi connectivity index (χ3n) is 2.47. The zero-order valence-corrected chi connectivity index (χ0v) is 10.6. The van der Waals surface area contributed by atoms with Crippen molar-refractivity contribution in [2.45, 2.75) is 6.10 Å². The van der Waals surface area contributed by atoms with Crippen molar-refractivity contribution in [2.75, 3.05) is 17.6 Å². The predicted octanol–water partition coefficient (Wildman–Crippen LogP) is 3.13. The van der Waals surface area contributed by atoms with Crippen molar-refractivity contribution in [1.82, 2.24) is 0 Å². The first-order chi connectivity index (χ1) is 8.18. The van der Waals surface area contributed by atoms with Gasteiger partial charge in [0, 0.05) is 6.54 Å². The number of halogens is 1. The molecule has 0 spiro atoms. The van der Waals surface area contributed by atoms with Gasteiger partial charge in [0.15, 0.2) is 0 Å². The molecule has 1 aromatic heterocycles. The van der Waals surface area contributed by atoms with Gasteiger partial charge in [-0.1, -0.05) is 17.7 Å². The second-order valence-corrected chi connectivity index (χ2v) is 4.84. The molecule has 0 aliphatic carbocycles. The van der Waals surface area contributed by atoms with Gasteiger partial charge < -0.3 is 16.2 Å². The lowest BCUT2D eigenvalue weighted by molar-refractivity contribution is 0.192. The van der Waals surface area contributed by atoms with Gasteiger partial charge in [-0.25, -0.2) is 0 Å². The van der Waals surface area contributed by atoms with Gasteiger partial charge in [-0.15, -0.1) is 0 Å². The van der Waals surface area contributed by atoms with Crippen molar-refractivity contribution < 1.29 is 5.11 Å². The highest BCUT2D eigenvalue weighted by atomic mass is 35.5. The number of hydrogen-bond donors (Lipinski definition) is 3. The maximum Gasteiger partial charge on any atom is 0.0970 e. The number of hydrogen-bond acceptors (Lipinski definition) is 4. The number of rotatable bonds is 4. The topological polar surface area (TPSA) is 58.3 Å². The number of nitrogens with one attached hydrogen (secondary N) is 1. The van der Waals surface area contributed by atoms with Gasteiger partial charge in [0.2, 0.25) is 0 Å². The number of thiophene rings is 1. The van der Waals surface area contributed by atoms with Crippen molar-refractivity contribution in [1.29, 1.82) is 0 Å². The minimum absolute atomic E-state index is 0.404. The van der Waals surface area contributed by atoms with Crippen molar-refractivity contribution >= 4 is 34.3 Å². The highest BCUT2D eigenvalue weighted by Crippen LogP contribution is 2.27. The molecule has 0 fully saturated rings. The summed E-state index contributed by atoms with van der Waals surface area (Å²) < 4.78 is 0. The smallest absolute Gasteiger partial charge is 0.0970 e. The van der Waals surface area contributed by atoms with Crippen LogP contribution in [0.5, 0.6) is 0 Å². The number of anilines is 2. The Balaban J connectivity index is 2.00. The second kappa shape index (κ2) is 5.40. The van der Waals surface area contributed by atoms with E-state index in [9.17, 15) is 5.11 Å². The summed E-state index contributed by atoms with van der Waals surface area (Å²) in [5.74, 6) is 0. The van der Waals surface area contributed by atoms with Gasteiger partial charge in [-0.3, -0.25) is 0 Å². The highest BCUT2D eigenvalue weighted by Gasteiger charge is 2.09. The molecule has 1 heterocycles. The first kappa shape index (κ1) is 12.2. The van der Waals surface area contributed by atoms with E-state index in [2.05, 4.69) is 5.32 Å². The van der Waals surface area contributed by atoms with Gasteiger partial charge in [-0.05, 0) is 34.5 Å². The van der Waals surface area contributed by atoms with E-state index in [4.69, 9.17) is 17.3 Å². The fourth-order valence-corrected chi connectivity index (χ4v) is 2.36. The largest absolute Gasteiger partial charge is 0.396 e. The zero-order valence-electron chi connectivity index (χ0n) is 9.06.